The number of benzene rings is 4. The second-order valence-electron chi connectivity index (χ2n) is 9.67. The number of nitrogens with zero attached hydrogens (tertiary/aromatic N) is 4. The van der Waals surface area contributed by atoms with Gasteiger partial charge in [0.2, 0.25) is 17.8 Å². The molecule has 0 amide bonds. The smallest absolute Gasteiger partial charge is 0.294 e. The molecule has 0 aliphatic carbocycles. The zero-order chi connectivity index (χ0) is 31.1. The van der Waals surface area contributed by atoms with Crippen LogP contribution in [-0.2, 0) is 26.8 Å². The summed E-state index contributed by atoms with van der Waals surface area (Å²) in [6.45, 7) is 2.91. The average molecular weight is 632 g/mol. The van der Waals surface area contributed by atoms with Gasteiger partial charge in [0, 0.05) is 45.4 Å². The number of rotatable bonds is 9. The van der Waals surface area contributed by atoms with Crippen molar-refractivity contribution in [1.82, 2.24) is 19.5 Å². The van der Waals surface area contributed by atoms with E-state index in [1.165, 1.54) is 48.5 Å². The van der Waals surface area contributed by atoms with Gasteiger partial charge >= 0.3 is 0 Å². The van der Waals surface area contributed by atoms with Crippen LogP contribution in [0.2, 0.25) is 0 Å². The van der Waals surface area contributed by atoms with Gasteiger partial charge in [0.1, 0.15) is 0 Å². The molecular weight excluding hydrogens is 606 g/mol. The maximum Gasteiger partial charge on any atom is 0.294 e. The van der Waals surface area contributed by atoms with Gasteiger partial charge < -0.3 is 20.5 Å². The minimum absolute atomic E-state index is 0.0998. The molecule has 6 rings (SSSR count). The highest BCUT2D eigenvalue weighted by atomic mass is 32.2. The molecule has 0 radical (unpaired) electrons. The first-order chi connectivity index (χ1) is 21.0. The number of nitrogens with one attached hydrogen (secondary N) is 3. The molecule has 0 saturated heterocycles. The Bertz CT molecular complexity index is 2140. The first-order valence-corrected chi connectivity index (χ1v) is 16.1. The van der Waals surface area contributed by atoms with Crippen molar-refractivity contribution in [1.29, 1.82) is 0 Å². The molecule has 6 aromatic rings. The van der Waals surface area contributed by atoms with Crippen molar-refractivity contribution in [3.63, 3.8) is 0 Å². The van der Waals surface area contributed by atoms with Crippen LogP contribution in [-0.4, -0.2) is 45.5 Å². The van der Waals surface area contributed by atoms with Gasteiger partial charge in [0.25, 0.3) is 20.2 Å². The van der Waals surface area contributed by atoms with E-state index in [-0.39, 0.29) is 27.6 Å². The maximum absolute atomic E-state index is 11.4. The van der Waals surface area contributed by atoms with Crippen molar-refractivity contribution in [2.45, 2.75) is 23.3 Å². The Balaban J connectivity index is 1.36. The lowest BCUT2D eigenvalue weighted by atomic mass is 10.1. The van der Waals surface area contributed by atoms with Gasteiger partial charge in [-0.3, -0.25) is 9.11 Å². The zero-order valence-corrected chi connectivity index (χ0v) is 24.6. The molecule has 224 valence electrons. The molecule has 2 heterocycles. The van der Waals surface area contributed by atoms with Crippen LogP contribution in [0.15, 0.2) is 101 Å². The van der Waals surface area contributed by atoms with Crippen molar-refractivity contribution in [2.24, 2.45) is 0 Å². The van der Waals surface area contributed by atoms with E-state index in [1.807, 2.05) is 30.3 Å². The SMILES string of the molecule is CCn1c2ccccc2c2cc(Nc3nc(Nc4ccc(S(=O)(=O)O)cc4)nc(Nc4ccc(S(=O)(=O)O)cc4)n3)ccc21. The molecule has 5 N–H and O–H groups in total. The molecule has 0 unspecified atom stereocenters. The van der Waals surface area contributed by atoms with E-state index in [4.69, 9.17) is 0 Å². The van der Waals surface area contributed by atoms with Gasteiger partial charge in [-0.25, -0.2) is 0 Å². The molecule has 15 heteroatoms. The Labute approximate surface area is 252 Å². The van der Waals surface area contributed by atoms with Crippen molar-refractivity contribution >= 4 is 76.9 Å². The van der Waals surface area contributed by atoms with Crippen molar-refractivity contribution < 1.29 is 25.9 Å². The number of anilines is 6. The van der Waals surface area contributed by atoms with Crippen LogP contribution in [0.25, 0.3) is 21.8 Å². The average Bonchev–Trinajstić information content (AvgIpc) is 3.29. The summed E-state index contributed by atoms with van der Waals surface area (Å²) in [5, 5.41) is 11.4. The van der Waals surface area contributed by atoms with Crippen LogP contribution >= 0.6 is 0 Å². The Morgan fingerprint density at radius 2 is 1.02 bits per heavy atom. The van der Waals surface area contributed by atoms with Gasteiger partial charge in [0.05, 0.1) is 9.79 Å². The zero-order valence-electron chi connectivity index (χ0n) is 23.0. The van der Waals surface area contributed by atoms with E-state index < -0.39 is 20.2 Å². The largest absolute Gasteiger partial charge is 0.341 e. The highest BCUT2D eigenvalue weighted by Crippen LogP contribution is 2.32. The molecule has 0 spiro atoms. The normalized spacial score (nSPS) is 12.0. The summed E-state index contributed by atoms with van der Waals surface area (Å²) in [6.07, 6.45) is 0. The summed E-state index contributed by atoms with van der Waals surface area (Å²) < 4.78 is 66.5. The Kier molecular flexibility index (Phi) is 7.38. The minimum atomic E-state index is -4.36. The summed E-state index contributed by atoms with van der Waals surface area (Å²) >= 11 is 0. The lowest BCUT2D eigenvalue weighted by Gasteiger charge is -2.12. The van der Waals surface area contributed by atoms with E-state index in [2.05, 4.69) is 54.5 Å². The number of aryl methyl sites for hydroxylation is 1. The molecule has 0 saturated carbocycles. The van der Waals surface area contributed by atoms with Gasteiger partial charge in [-0.05, 0) is 79.7 Å². The van der Waals surface area contributed by atoms with Crippen molar-refractivity contribution in [3.8, 4) is 0 Å². The van der Waals surface area contributed by atoms with Crippen molar-refractivity contribution in [2.75, 3.05) is 16.0 Å². The topological polar surface area (TPSA) is 188 Å². The fourth-order valence-electron chi connectivity index (χ4n) is 4.82. The molecule has 44 heavy (non-hydrogen) atoms. The minimum Gasteiger partial charge on any atom is -0.341 e. The van der Waals surface area contributed by atoms with Crippen LogP contribution in [0.3, 0.4) is 0 Å². The number of hydrogen-bond donors (Lipinski definition) is 5. The van der Waals surface area contributed by atoms with Crippen LogP contribution in [0, 0.1) is 0 Å². The van der Waals surface area contributed by atoms with Crippen LogP contribution < -0.4 is 16.0 Å². The van der Waals surface area contributed by atoms with E-state index >= 15 is 0 Å². The summed E-state index contributed by atoms with van der Waals surface area (Å²) in [4.78, 5) is 12.8. The summed E-state index contributed by atoms with van der Waals surface area (Å²) in [5.74, 6) is 0.373. The molecule has 0 atom stereocenters. The van der Waals surface area contributed by atoms with Crippen LogP contribution in [0.4, 0.5) is 34.9 Å². The summed E-state index contributed by atoms with van der Waals surface area (Å²) in [5.41, 5.74) is 3.80. The van der Waals surface area contributed by atoms with Gasteiger partial charge in [-0.2, -0.15) is 31.8 Å². The van der Waals surface area contributed by atoms with Crippen molar-refractivity contribution in [3.05, 3.63) is 91.0 Å². The fraction of sp³-hybridized carbons (Fsp3) is 0.0690. The van der Waals surface area contributed by atoms with Gasteiger partial charge in [-0.1, -0.05) is 18.2 Å². The van der Waals surface area contributed by atoms with E-state index in [9.17, 15) is 25.9 Å². The first kappa shape index (κ1) is 29.0. The number of hydrogen-bond acceptors (Lipinski definition) is 10. The first-order valence-electron chi connectivity index (χ1n) is 13.2. The van der Waals surface area contributed by atoms with Crippen LogP contribution in [0.1, 0.15) is 6.92 Å². The molecule has 4 aromatic carbocycles. The van der Waals surface area contributed by atoms with E-state index in [1.54, 1.807) is 0 Å². The predicted molar refractivity (Wildman–Crippen MR) is 167 cm³/mol. The third-order valence-electron chi connectivity index (χ3n) is 6.80. The highest BCUT2D eigenvalue weighted by molar-refractivity contribution is 7.86. The van der Waals surface area contributed by atoms with Gasteiger partial charge in [0.15, 0.2) is 0 Å². The molecule has 2 aromatic heterocycles. The third-order valence-corrected chi connectivity index (χ3v) is 8.53. The predicted octanol–water partition coefficient (Wildman–Crippen LogP) is 5.72. The van der Waals surface area contributed by atoms with Crippen LogP contribution in [0.5, 0.6) is 0 Å². The third kappa shape index (κ3) is 6.02. The summed E-state index contributed by atoms with van der Waals surface area (Å²) in [6, 6.07) is 24.8. The highest BCUT2D eigenvalue weighted by Gasteiger charge is 2.14. The Morgan fingerprint density at radius 1 is 0.591 bits per heavy atom. The Morgan fingerprint density at radius 3 is 1.50 bits per heavy atom. The number of aromatic nitrogens is 4. The Hall–Kier alpha value is -5.09. The lowest BCUT2D eigenvalue weighted by molar-refractivity contribution is 0.481. The molecule has 0 fully saturated rings. The maximum atomic E-state index is 11.4. The molecule has 13 nitrogen and oxygen atoms in total. The standard InChI is InChI=1S/C29H25N7O6S2/c1-2-36-25-6-4-3-5-23(25)24-17-20(11-16-26(24)36)32-29-34-27(30-18-7-12-21(13-8-18)43(37,38)39)33-28(35-29)31-19-9-14-22(15-10-19)44(40,41)42/h3-17H,2H2,1H3,(H,37,38,39)(H,40,41,42)(H3,30,31,32,33,34,35). The lowest BCUT2D eigenvalue weighted by Crippen LogP contribution is -2.07. The second kappa shape index (κ2) is 11.2. The molecule has 0 bridgehead atoms. The molecule has 0 aliphatic heterocycles. The molecule has 0 aliphatic rings. The van der Waals surface area contributed by atoms with E-state index in [0.29, 0.717) is 11.4 Å². The van der Waals surface area contributed by atoms with E-state index in [0.717, 1.165) is 34.0 Å². The monoisotopic (exact) mass is 631 g/mol. The summed E-state index contributed by atoms with van der Waals surface area (Å²) in [7, 11) is -8.72. The number of para-hydroxylation sites is 1. The number of fused-ring (bicyclic) bond motifs is 3. The second-order valence-corrected chi connectivity index (χ2v) is 12.5. The molecular formula is C29H25N7O6S2. The fourth-order valence-corrected chi connectivity index (χ4v) is 5.78. The quantitative estimate of drug-likeness (QED) is 0.122. The van der Waals surface area contributed by atoms with Gasteiger partial charge in [-0.15, -0.1) is 0 Å².